The Morgan fingerprint density at radius 3 is 2.18 bits per heavy atom. The molecule has 2 heteroatoms. The molecule has 0 aromatic carbocycles. The second-order valence-electron chi connectivity index (χ2n) is 7.20. The van der Waals surface area contributed by atoms with Crippen LogP contribution >= 0.6 is 0 Å². The summed E-state index contributed by atoms with van der Waals surface area (Å²) in [6.45, 7) is 20.0. The molecule has 0 aliphatic carbocycles. The molecule has 1 aliphatic rings. The normalized spacial score (nSPS) is 26.1. The molecule has 0 aromatic heterocycles. The van der Waals surface area contributed by atoms with Crippen molar-refractivity contribution in [1.82, 2.24) is 10.2 Å². The number of hydrogen-bond acceptors (Lipinski definition) is 2. The molecule has 1 aliphatic heterocycles. The van der Waals surface area contributed by atoms with Crippen LogP contribution in [-0.2, 0) is 0 Å². The van der Waals surface area contributed by atoms with Gasteiger partial charge in [0.05, 0.1) is 0 Å². The Labute approximate surface area is 108 Å². The molecule has 1 heterocycles. The van der Waals surface area contributed by atoms with E-state index in [2.05, 4.69) is 58.7 Å². The van der Waals surface area contributed by atoms with E-state index in [0.717, 1.165) is 24.3 Å². The highest BCUT2D eigenvalue weighted by Crippen LogP contribution is 2.25. The predicted molar refractivity (Wildman–Crippen MR) is 76.3 cm³/mol. The van der Waals surface area contributed by atoms with E-state index < -0.39 is 0 Å². The molecule has 0 bridgehead atoms. The summed E-state index contributed by atoms with van der Waals surface area (Å²) in [6.07, 6.45) is 0. The summed E-state index contributed by atoms with van der Waals surface area (Å²) >= 11 is 0. The highest BCUT2D eigenvalue weighted by atomic mass is 15.2. The molecule has 1 fully saturated rings. The molecule has 1 unspecified atom stereocenters. The van der Waals surface area contributed by atoms with Gasteiger partial charge in [0, 0.05) is 31.2 Å². The molecule has 2 nitrogen and oxygen atoms in total. The first-order valence-corrected chi connectivity index (χ1v) is 7.22. The Morgan fingerprint density at radius 1 is 1.18 bits per heavy atom. The van der Waals surface area contributed by atoms with Crippen molar-refractivity contribution in [2.45, 2.75) is 60.0 Å². The first-order valence-electron chi connectivity index (χ1n) is 7.22. The van der Waals surface area contributed by atoms with Crippen molar-refractivity contribution in [2.24, 2.45) is 17.8 Å². The van der Waals surface area contributed by atoms with Crippen molar-refractivity contribution in [1.29, 1.82) is 0 Å². The third kappa shape index (κ3) is 4.26. The lowest BCUT2D eigenvalue weighted by atomic mass is 9.84. The van der Waals surface area contributed by atoms with E-state index in [1.165, 1.54) is 13.1 Å². The fraction of sp³-hybridized carbons (Fsp3) is 1.00. The molecule has 1 rings (SSSR count). The summed E-state index contributed by atoms with van der Waals surface area (Å²) in [5.41, 5.74) is 0.269. The van der Waals surface area contributed by atoms with Crippen LogP contribution in [0.15, 0.2) is 0 Å². The maximum absolute atomic E-state index is 3.63. The van der Waals surface area contributed by atoms with Crippen molar-refractivity contribution in [3.05, 3.63) is 0 Å². The van der Waals surface area contributed by atoms with Gasteiger partial charge in [-0.3, -0.25) is 4.90 Å². The maximum Gasteiger partial charge on any atom is 0.0252 e. The molecule has 102 valence electrons. The van der Waals surface area contributed by atoms with Crippen LogP contribution in [-0.4, -0.2) is 36.1 Å². The maximum atomic E-state index is 3.63. The molecule has 1 saturated heterocycles. The van der Waals surface area contributed by atoms with E-state index >= 15 is 0 Å². The zero-order valence-electron chi connectivity index (χ0n) is 12.9. The summed E-state index contributed by atoms with van der Waals surface area (Å²) in [6, 6.07) is 0.669. The zero-order valence-corrected chi connectivity index (χ0v) is 12.9. The smallest absolute Gasteiger partial charge is 0.0252 e. The van der Waals surface area contributed by atoms with Gasteiger partial charge >= 0.3 is 0 Å². The van der Waals surface area contributed by atoms with Gasteiger partial charge in [0.1, 0.15) is 0 Å². The van der Waals surface area contributed by atoms with Gasteiger partial charge in [0.25, 0.3) is 0 Å². The highest BCUT2D eigenvalue weighted by molar-refractivity contribution is 4.91. The Bertz CT molecular complexity index is 225. The van der Waals surface area contributed by atoms with E-state index in [0.29, 0.717) is 6.04 Å². The average Bonchev–Trinajstić information content (AvgIpc) is 2.18. The molecule has 17 heavy (non-hydrogen) atoms. The van der Waals surface area contributed by atoms with E-state index in [9.17, 15) is 0 Å². The van der Waals surface area contributed by atoms with Crippen LogP contribution in [0.5, 0.6) is 0 Å². The number of rotatable bonds is 4. The van der Waals surface area contributed by atoms with E-state index in [4.69, 9.17) is 0 Å². The summed E-state index contributed by atoms with van der Waals surface area (Å²) in [5, 5.41) is 3.63. The van der Waals surface area contributed by atoms with E-state index in [1.54, 1.807) is 0 Å². The van der Waals surface area contributed by atoms with Crippen molar-refractivity contribution in [2.75, 3.05) is 19.6 Å². The number of hydrogen-bond donors (Lipinski definition) is 1. The topological polar surface area (TPSA) is 15.3 Å². The Morgan fingerprint density at radius 2 is 1.71 bits per heavy atom. The molecule has 0 radical (unpaired) electrons. The number of nitrogens with zero attached hydrogens (tertiary/aromatic N) is 1. The quantitative estimate of drug-likeness (QED) is 0.813. The first-order chi connectivity index (χ1) is 7.73. The molecular formula is C15H32N2. The third-order valence-electron chi connectivity index (χ3n) is 4.26. The van der Waals surface area contributed by atoms with Crippen molar-refractivity contribution >= 4 is 0 Å². The van der Waals surface area contributed by atoms with Gasteiger partial charge in [-0.1, -0.05) is 27.7 Å². The van der Waals surface area contributed by atoms with Gasteiger partial charge in [0.2, 0.25) is 0 Å². The summed E-state index contributed by atoms with van der Waals surface area (Å²) in [5.74, 6) is 2.37. The number of piperazine rings is 1. The van der Waals surface area contributed by atoms with E-state index in [-0.39, 0.29) is 5.54 Å². The SMILES string of the molecule is CC(C)C(CN1CC(C)(C)NCC1C)C(C)C. The fourth-order valence-corrected chi connectivity index (χ4v) is 2.98. The highest BCUT2D eigenvalue weighted by Gasteiger charge is 2.32. The summed E-state index contributed by atoms with van der Waals surface area (Å²) < 4.78 is 0. The van der Waals surface area contributed by atoms with E-state index in [1.807, 2.05) is 0 Å². The van der Waals surface area contributed by atoms with Crippen molar-refractivity contribution < 1.29 is 0 Å². The van der Waals surface area contributed by atoms with Crippen LogP contribution in [0.2, 0.25) is 0 Å². The molecule has 0 amide bonds. The fourth-order valence-electron chi connectivity index (χ4n) is 2.98. The average molecular weight is 240 g/mol. The molecule has 0 saturated carbocycles. The second kappa shape index (κ2) is 5.71. The zero-order chi connectivity index (χ0) is 13.2. The van der Waals surface area contributed by atoms with Crippen LogP contribution in [0, 0.1) is 17.8 Å². The minimum Gasteiger partial charge on any atom is -0.309 e. The van der Waals surface area contributed by atoms with Crippen molar-refractivity contribution in [3.8, 4) is 0 Å². The lowest BCUT2D eigenvalue weighted by Gasteiger charge is -2.45. The third-order valence-corrected chi connectivity index (χ3v) is 4.26. The molecule has 0 spiro atoms. The molecule has 1 N–H and O–H groups in total. The van der Waals surface area contributed by atoms with Gasteiger partial charge in [-0.25, -0.2) is 0 Å². The lowest BCUT2D eigenvalue weighted by molar-refractivity contribution is 0.0671. The Kier molecular flexibility index (Phi) is 5.03. The van der Waals surface area contributed by atoms with Crippen LogP contribution in [0.1, 0.15) is 48.5 Å². The van der Waals surface area contributed by atoms with Gasteiger partial charge in [-0.2, -0.15) is 0 Å². The molecule has 1 atom stereocenters. The standard InChI is InChI=1S/C15H32N2/c1-11(2)14(12(3)4)9-17-10-15(6,7)16-8-13(17)5/h11-14,16H,8-10H2,1-7H3. The minimum atomic E-state index is 0.269. The van der Waals surface area contributed by atoms with Crippen LogP contribution in [0.25, 0.3) is 0 Å². The van der Waals surface area contributed by atoms with Gasteiger partial charge in [-0.15, -0.1) is 0 Å². The summed E-state index contributed by atoms with van der Waals surface area (Å²) in [7, 11) is 0. The van der Waals surface area contributed by atoms with Gasteiger partial charge in [0.15, 0.2) is 0 Å². The second-order valence-corrected chi connectivity index (χ2v) is 7.20. The van der Waals surface area contributed by atoms with Crippen LogP contribution < -0.4 is 5.32 Å². The first kappa shape index (κ1) is 15.0. The minimum absolute atomic E-state index is 0.269. The predicted octanol–water partition coefficient (Wildman–Crippen LogP) is 2.99. The van der Waals surface area contributed by atoms with Crippen molar-refractivity contribution in [3.63, 3.8) is 0 Å². The van der Waals surface area contributed by atoms with Crippen LogP contribution in [0.3, 0.4) is 0 Å². The Hall–Kier alpha value is -0.0800. The largest absolute Gasteiger partial charge is 0.309 e. The molecule has 0 aromatic rings. The Balaban J connectivity index is 2.64. The number of nitrogens with one attached hydrogen (secondary N) is 1. The van der Waals surface area contributed by atoms with Crippen LogP contribution in [0.4, 0.5) is 0 Å². The molecular weight excluding hydrogens is 208 g/mol. The van der Waals surface area contributed by atoms with Gasteiger partial charge < -0.3 is 5.32 Å². The lowest BCUT2D eigenvalue weighted by Crippen LogP contribution is -2.61. The monoisotopic (exact) mass is 240 g/mol. The summed E-state index contributed by atoms with van der Waals surface area (Å²) in [4.78, 5) is 2.68. The van der Waals surface area contributed by atoms with Gasteiger partial charge in [-0.05, 0) is 38.5 Å².